The first kappa shape index (κ1) is 14.7. The monoisotopic (exact) mass is 293 g/mol. The summed E-state index contributed by atoms with van der Waals surface area (Å²) in [5.41, 5.74) is 5.03. The Labute approximate surface area is 132 Å². The maximum Gasteiger partial charge on any atom is 0.124 e. The Hall–Kier alpha value is -2.22. The lowest BCUT2D eigenvalue weighted by molar-refractivity contribution is 0.302. The van der Waals surface area contributed by atoms with Crippen LogP contribution in [0.4, 0.5) is 0 Å². The number of aryl methyl sites for hydroxylation is 2. The molecule has 1 heterocycles. The standard InChI is InChI=1S/C20H23NO/c1-14(2)17-10-19-18(15(3)12-21(19)4)11-20(17)22-13-16-8-6-5-7-9-16/h5-12,14H,13H2,1-4H3. The van der Waals surface area contributed by atoms with Gasteiger partial charge in [-0.3, -0.25) is 0 Å². The minimum atomic E-state index is 0.436. The smallest absolute Gasteiger partial charge is 0.124 e. The summed E-state index contributed by atoms with van der Waals surface area (Å²) in [4.78, 5) is 0. The van der Waals surface area contributed by atoms with Crippen LogP contribution in [0, 0.1) is 6.92 Å². The fraction of sp³-hybridized carbons (Fsp3) is 0.300. The Morgan fingerprint density at radius 3 is 2.50 bits per heavy atom. The first-order valence-corrected chi connectivity index (χ1v) is 7.82. The van der Waals surface area contributed by atoms with Gasteiger partial charge < -0.3 is 9.30 Å². The van der Waals surface area contributed by atoms with Crippen molar-refractivity contribution in [2.45, 2.75) is 33.3 Å². The third-order valence-electron chi connectivity index (χ3n) is 4.18. The fourth-order valence-corrected chi connectivity index (χ4v) is 2.93. The van der Waals surface area contributed by atoms with Crippen LogP contribution in [0.15, 0.2) is 48.7 Å². The molecule has 0 saturated heterocycles. The van der Waals surface area contributed by atoms with E-state index in [1.165, 1.54) is 27.6 Å². The normalized spacial score (nSPS) is 11.3. The average Bonchev–Trinajstić information content (AvgIpc) is 2.79. The van der Waals surface area contributed by atoms with E-state index in [0.717, 1.165) is 5.75 Å². The number of rotatable bonds is 4. The summed E-state index contributed by atoms with van der Waals surface area (Å²) in [5, 5.41) is 1.27. The van der Waals surface area contributed by atoms with Gasteiger partial charge in [0.2, 0.25) is 0 Å². The minimum Gasteiger partial charge on any atom is -0.489 e. The van der Waals surface area contributed by atoms with Crippen LogP contribution < -0.4 is 4.74 Å². The molecule has 0 unspecified atom stereocenters. The molecule has 0 fully saturated rings. The van der Waals surface area contributed by atoms with E-state index in [2.05, 4.69) is 62.8 Å². The van der Waals surface area contributed by atoms with Crippen molar-refractivity contribution in [3.8, 4) is 5.75 Å². The predicted octanol–water partition coefficient (Wildman–Crippen LogP) is 5.19. The molecule has 3 rings (SSSR count). The molecule has 114 valence electrons. The molecular formula is C20H23NO. The molecule has 0 aliphatic heterocycles. The highest BCUT2D eigenvalue weighted by atomic mass is 16.5. The van der Waals surface area contributed by atoms with Gasteiger partial charge in [-0.2, -0.15) is 0 Å². The summed E-state index contributed by atoms with van der Waals surface area (Å²) in [7, 11) is 2.10. The Balaban J connectivity index is 1.99. The largest absolute Gasteiger partial charge is 0.489 e. The number of fused-ring (bicyclic) bond motifs is 1. The second-order valence-electron chi connectivity index (χ2n) is 6.26. The van der Waals surface area contributed by atoms with Gasteiger partial charge in [-0.05, 0) is 41.7 Å². The molecule has 3 aromatic rings. The zero-order chi connectivity index (χ0) is 15.7. The molecule has 0 amide bonds. The van der Waals surface area contributed by atoms with E-state index in [0.29, 0.717) is 12.5 Å². The highest BCUT2D eigenvalue weighted by Crippen LogP contribution is 2.33. The highest BCUT2D eigenvalue weighted by molar-refractivity contribution is 5.86. The van der Waals surface area contributed by atoms with Gasteiger partial charge in [0.25, 0.3) is 0 Å². The zero-order valence-corrected chi connectivity index (χ0v) is 13.8. The number of hydrogen-bond donors (Lipinski definition) is 0. The summed E-state index contributed by atoms with van der Waals surface area (Å²) in [6.07, 6.45) is 2.18. The van der Waals surface area contributed by atoms with Crippen LogP contribution in [0.25, 0.3) is 10.9 Å². The van der Waals surface area contributed by atoms with Crippen molar-refractivity contribution >= 4 is 10.9 Å². The van der Waals surface area contributed by atoms with Crippen molar-refractivity contribution in [2.75, 3.05) is 0 Å². The summed E-state index contributed by atoms with van der Waals surface area (Å²) in [6, 6.07) is 14.8. The van der Waals surface area contributed by atoms with Gasteiger partial charge in [-0.15, -0.1) is 0 Å². The molecule has 0 N–H and O–H groups in total. The second-order valence-corrected chi connectivity index (χ2v) is 6.26. The molecule has 0 bridgehead atoms. The van der Waals surface area contributed by atoms with Gasteiger partial charge in [0.1, 0.15) is 12.4 Å². The molecule has 0 aliphatic rings. The molecule has 2 nitrogen and oxygen atoms in total. The van der Waals surface area contributed by atoms with Crippen LogP contribution in [0.2, 0.25) is 0 Å². The summed E-state index contributed by atoms with van der Waals surface area (Å²) in [5.74, 6) is 1.44. The molecule has 2 heteroatoms. The van der Waals surface area contributed by atoms with Crippen LogP contribution in [0.5, 0.6) is 5.75 Å². The Kier molecular flexibility index (Phi) is 3.93. The number of hydrogen-bond acceptors (Lipinski definition) is 1. The zero-order valence-electron chi connectivity index (χ0n) is 13.8. The topological polar surface area (TPSA) is 14.2 Å². The van der Waals surface area contributed by atoms with Crippen molar-refractivity contribution in [3.63, 3.8) is 0 Å². The summed E-state index contributed by atoms with van der Waals surface area (Å²) in [6.45, 7) is 7.19. The minimum absolute atomic E-state index is 0.436. The van der Waals surface area contributed by atoms with Gasteiger partial charge in [-0.1, -0.05) is 44.2 Å². The van der Waals surface area contributed by atoms with Gasteiger partial charge in [0.05, 0.1) is 0 Å². The van der Waals surface area contributed by atoms with E-state index in [-0.39, 0.29) is 0 Å². The first-order chi connectivity index (χ1) is 10.6. The van der Waals surface area contributed by atoms with E-state index < -0.39 is 0 Å². The molecule has 0 radical (unpaired) electrons. The van der Waals surface area contributed by atoms with Crippen molar-refractivity contribution in [1.82, 2.24) is 4.57 Å². The van der Waals surface area contributed by atoms with E-state index in [1.54, 1.807) is 0 Å². The highest BCUT2D eigenvalue weighted by Gasteiger charge is 2.13. The van der Waals surface area contributed by atoms with Crippen molar-refractivity contribution < 1.29 is 4.74 Å². The van der Waals surface area contributed by atoms with E-state index in [1.807, 2.05) is 18.2 Å². The van der Waals surface area contributed by atoms with Crippen LogP contribution in [0.3, 0.4) is 0 Å². The fourth-order valence-electron chi connectivity index (χ4n) is 2.93. The Bertz CT molecular complexity index is 784. The lowest BCUT2D eigenvalue weighted by Crippen LogP contribution is -2.00. The number of benzene rings is 2. The molecule has 0 atom stereocenters. The SMILES string of the molecule is Cc1cn(C)c2cc(C(C)C)c(OCc3ccccc3)cc12. The predicted molar refractivity (Wildman–Crippen MR) is 92.5 cm³/mol. The molecular weight excluding hydrogens is 270 g/mol. The maximum atomic E-state index is 6.15. The van der Waals surface area contributed by atoms with Gasteiger partial charge >= 0.3 is 0 Å². The van der Waals surface area contributed by atoms with Gasteiger partial charge in [-0.25, -0.2) is 0 Å². The van der Waals surface area contributed by atoms with Crippen LogP contribution in [-0.2, 0) is 13.7 Å². The van der Waals surface area contributed by atoms with Crippen molar-refractivity contribution in [1.29, 1.82) is 0 Å². The summed E-state index contributed by atoms with van der Waals surface area (Å²) < 4.78 is 8.34. The van der Waals surface area contributed by atoms with E-state index >= 15 is 0 Å². The van der Waals surface area contributed by atoms with Crippen LogP contribution in [-0.4, -0.2) is 4.57 Å². The molecule has 2 aromatic carbocycles. The van der Waals surface area contributed by atoms with Gasteiger partial charge in [0, 0.05) is 24.1 Å². The molecule has 0 aliphatic carbocycles. The molecule has 22 heavy (non-hydrogen) atoms. The third kappa shape index (κ3) is 2.74. The Morgan fingerprint density at radius 2 is 1.82 bits per heavy atom. The number of ether oxygens (including phenoxy) is 1. The molecule has 0 saturated carbocycles. The van der Waals surface area contributed by atoms with E-state index in [9.17, 15) is 0 Å². The van der Waals surface area contributed by atoms with E-state index in [4.69, 9.17) is 4.74 Å². The maximum absolute atomic E-state index is 6.15. The third-order valence-corrected chi connectivity index (χ3v) is 4.18. The molecule has 0 spiro atoms. The number of nitrogens with zero attached hydrogens (tertiary/aromatic N) is 1. The molecule has 1 aromatic heterocycles. The second kappa shape index (κ2) is 5.88. The van der Waals surface area contributed by atoms with Crippen molar-refractivity contribution in [2.24, 2.45) is 7.05 Å². The van der Waals surface area contributed by atoms with Gasteiger partial charge in [0.15, 0.2) is 0 Å². The van der Waals surface area contributed by atoms with Crippen molar-refractivity contribution in [3.05, 3.63) is 65.4 Å². The average molecular weight is 293 g/mol. The first-order valence-electron chi connectivity index (χ1n) is 7.82. The lowest BCUT2D eigenvalue weighted by atomic mass is 10.00. The quantitative estimate of drug-likeness (QED) is 0.645. The number of aromatic nitrogens is 1. The van der Waals surface area contributed by atoms with Crippen LogP contribution >= 0.6 is 0 Å². The van der Waals surface area contributed by atoms with Crippen LogP contribution in [0.1, 0.15) is 36.5 Å². The summed E-state index contributed by atoms with van der Waals surface area (Å²) >= 11 is 0. The lowest BCUT2D eigenvalue weighted by Gasteiger charge is -2.15. The Morgan fingerprint density at radius 1 is 1.09 bits per heavy atom.